The maximum atomic E-state index is 5.35. The van der Waals surface area contributed by atoms with E-state index in [0.29, 0.717) is 0 Å². The van der Waals surface area contributed by atoms with E-state index in [4.69, 9.17) is 4.74 Å². The zero-order valence-electron chi connectivity index (χ0n) is 12.4. The molecule has 1 heterocycles. The number of benzene rings is 2. The summed E-state index contributed by atoms with van der Waals surface area (Å²) in [6.07, 6.45) is 1.08. The van der Waals surface area contributed by atoms with E-state index in [-0.39, 0.29) is 0 Å². The molecule has 0 spiro atoms. The van der Waals surface area contributed by atoms with Crippen LogP contribution in [-0.2, 0) is 6.42 Å². The number of rotatable bonds is 0. The first-order valence-electron chi connectivity index (χ1n) is 7.00. The van der Waals surface area contributed by atoms with Gasteiger partial charge in [0, 0.05) is 6.42 Å². The summed E-state index contributed by atoms with van der Waals surface area (Å²) in [6.45, 7) is 9.05. The van der Waals surface area contributed by atoms with E-state index in [1.807, 2.05) is 32.0 Å². The van der Waals surface area contributed by atoms with Crippen molar-refractivity contribution in [3.63, 3.8) is 0 Å². The van der Waals surface area contributed by atoms with Crippen LogP contribution in [0.1, 0.15) is 30.5 Å². The van der Waals surface area contributed by atoms with Gasteiger partial charge in [0.25, 0.3) is 0 Å². The van der Waals surface area contributed by atoms with Gasteiger partial charge in [0.2, 0.25) is 0 Å². The summed E-state index contributed by atoms with van der Waals surface area (Å²) in [5.74, 6) is 1.07. The molecule has 0 amide bonds. The van der Waals surface area contributed by atoms with Gasteiger partial charge >= 0.3 is 0 Å². The molecule has 0 aromatic heterocycles. The smallest absolute Gasteiger partial charge is 0.122 e. The van der Waals surface area contributed by atoms with E-state index in [2.05, 4.69) is 44.2 Å². The van der Waals surface area contributed by atoms with Crippen molar-refractivity contribution in [2.24, 2.45) is 0 Å². The lowest BCUT2D eigenvalue weighted by Crippen LogP contribution is -1.85. The molecular weight excluding hydrogens is 232 g/mol. The zero-order chi connectivity index (χ0) is 14.1. The van der Waals surface area contributed by atoms with Gasteiger partial charge < -0.3 is 4.74 Å². The van der Waals surface area contributed by atoms with Gasteiger partial charge in [-0.3, -0.25) is 0 Å². The van der Waals surface area contributed by atoms with Gasteiger partial charge in [-0.15, -0.1) is 0 Å². The number of fused-ring (bicyclic) bond motifs is 1. The Kier molecular flexibility index (Phi) is 6.73. The largest absolute Gasteiger partial charge is 0.493 e. The van der Waals surface area contributed by atoms with Gasteiger partial charge in [-0.1, -0.05) is 67.4 Å². The van der Waals surface area contributed by atoms with Gasteiger partial charge in [0.1, 0.15) is 5.75 Å². The van der Waals surface area contributed by atoms with Crippen LogP contribution in [0.3, 0.4) is 0 Å². The first-order valence-corrected chi connectivity index (χ1v) is 7.00. The van der Waals surface area contributed by atoms with Crippen LogP contribution in [0.5, 0.6) is 5.75 Å². The lowest BCUT2D eigenvalue weighted by atomic mass is 10.1. The van der Waals surface area contributed by atoms with Gasteiger partial charge in [0.15, 0.2) is 0 Å². The molecule has 2 aromatic carbocycles. The molecule has 0 aliphatic carbocycles. The fourth-order valence-electron chi connectivity index (χ4n) is 1.85. The molecule has 2 aromatic rings. The molecule has 1 nitrogen and oxygen atoms in total. The van der Waals surface area contributed by atoms with Crippen molar-refractivity contribution >= 4 is 0 Å². The molecule has 0 saturated carbocycles. The monoisotopic (exact) mass is 256 g/mol. The minimum absolute atomic E-state index is 0.860. The molecule has 0 N–H and O–H groups in total. The Bertz CT molecular complexity index is 474. The van der Waals surface area contributed by atoms with Crippen LogP contribution >= 0.6 is 0 Å². The summed E-state index contributed by atoms with van der Waals surface area (Å²) < 4.78 is 5.35. The first-order chi connectivity index (χ1) is 9.25. The van der Waals surface area contributed by atoms with Gasteiger partial charge in [-0.2, -0.15) is 0 Å². The van der Waals surface area contributed by atoms with Crippen molar-refractivity contribution < 1.29 is 4.74 Å². The molecule has 0 radical (unpaired) electrons. The highest BCUT2D eigenvalue weighted by Crippen LogP contribution is 2.25. The molecule has 0 saturated heterocycles. The summed E-state index contributed by atoms with van der Waals surface area (Å²) in [5, 5.41) is 0. The number of hydrogen-bond acceptors (Lipinski definition) is 1. The molecule has 0 bridgehead atoms. The van der Waals surface area contributed by atoms with E-state index in [9.17, 15) is 0 Å². The lowest BCUT2D eigenvalue weighted by molar-refractivity contribution is 0.357. The van der Waals surface area contributed by atoms with E-state index < -0.39 is 0 Å². The molecular formula is C18H24O. The Labute approximate surface area is 117 Å². The van der Waals surface area contributed by atoms with Crippen LogP contribution in [0.2, 0.25) is 0 Å². The topological polar surface area (TPSA) is 9.23 Å². The van der Waals surface area contributed by atoms with Crippen molar-refractivity contribution in [2.45, 2.75) is 34.1 Å². The van der Waals surface area contributed by atoms with Crippen LogP contribution < -0.4 is 4.74 Å². The molecule has 0 unspecified atom stereocenters. The van der Waals surface area contributed by atoms with Gasteiger partial charge in [-0.05, 0) is 25.5 Å². The Morgan fingerprint density at radius 2 is 1.53 bits per heavy atom. The van der Waals surface area contributed by atoms with Gasteiger partial charge in [-0.25, -0.2) is 0 Å². The predicted octanol–water partition coefficient (Wildman–Crippen LogP) is 4.95. The Balaban J connectivity index is 0.000000177. The molecule has 3 rings (SSSR count). The quantitative estimate of drug-likeness (QED) is 0.648. The van der Waals surface area contributed by atoms with Crippen LogP contribution in [0.4, 0.5) is 0 Å². The normalized spacial score (nSPS) is 11.2. The highest BCUT2D eigenvalue weighted by molar-refractivity contribution is 5.39. The standard InChI is InChI=1S/C9H10O.C7H8.C2H6/c1-7-2-3-9-8(6-7)4-5-10-9;1-7-5-3-2-4-6-7;1-2/h2-3,6H,4-5H2,1H3;2-6H,1H3;1-2H3. The van der Waals surface area contributed by atoms with E-state index in [1.165, 1.54) is 16.7 Å². The van der Waals surface area contributed by atoms with Crippen molar-refractivity contribution in [3.8, 4) is 5.75 Å². The summed E-state index contributed by atoms with van der Waals surface area (Å²) >= 11 is 0. The van der Waals surface area contributed by atoms with E-state index in [1.54, 1.807) is 0 Å². The van der Waals surface area contributed by atoms with Crippen LogP contribution in [0.25, 0.3) is 0 Å². The van der Waals surface area contributed by atoms with Crippen molar-refractivity contribution in [1.82, 2.24) is 0 Å². The lowest BCUT2D eigenvalue weighted by Gasteiger charge is -1.97. The highest BCUT2D eigenvalue weighted by Gasteiger charge is 2.09. The van der Waals surface area contributed by atoms with Crippen LogP contribution in [0.15, 0.2) is 48.5 Å². The average molecular weight is 256 g/mol. The Morgan fingerprint density at radius 1 is 0.842 bits per heavy atom. The maximum absolute atomic E-state index is 5.35. The number of ether oxygens (including phenoxy) is 1. The highest BCUT2D eigenvalue weighted by atomic mass is 16.5. The summed E-state index contributed by atoms with van der Waals surface area (Å²) in [5.41, 5.74) is 4.01. The van der Waals surface area contributed by atoms with Crippen molar-refractivity contribution in [1.29, 1.82) is 0 Å². The average Bonchev–Trinajstić information content (AvgIpc) is 2.90. The SMILES string of the molecule is CC.Cc1ccc2c(c1)CCO2.Cc1ccccc1. The second-order valence-corrected chi connectivity index (χ2v) is 4.36. The molecule has 1 aliphatic heterocycles. The second kappa shape index (κ2) is 8.36. The molecule has 1 heteroatoms. The molecule has 1 aliphatic rings. The molecule has 0 atom stereocenters. The second-order valence-electron chi connectivity index (χ2n) is 4.36. The zero-order valence-corrected chi connectivity index (χ0v) is 12.4. The minimum atomic E-state index is 0.860. The van der Waals surface area contributed by atoms with Crippen molar-refractivity contribution in [3.05, 3.63) is 65.2 Å². The number of hydrogen-bond donors (Lipinski definition) is 0. The van der Waals surface area contributed by atoms with Crippen molar-refractivity contribution in [2.75, 3.05) is 6.61 Å². The van der Waals surface area contributed by atoms with E-state index >= 15 is 0 Å². The summed E-state index contributed by atoms with van der Waals surface area (Å²) in [6, 6.07) is 16.6. The minimum Gasteiger partial charge on any atom is -0.493 e. The Morgan fingerprint density at radius 3 is 2.11 bits per heavy atom. The third kappa shape index (κ3) is 5.17. The third-order valence-corrected chi connectivity index (χ3v) is 2.79. The third-order valence-electron chi connectivity index (χ3n) is 2.79. The Hall–Kier alpha value is -1.76. The van der Waals surface area contributed by atoms with E-state index in [0.717, 1.165) is 18.8 Å². The maximum Gasteiger partial charge on any atom is 0.122 e. The molecule has 19 heavy (non-hydrogen) atoms. The summed E-state index contributed by atoms with van der Waals surface area (Å²) in [4.78, 5) is 0. The van der Waals surface area contributed by atoms with Crippen LogP contribution in [0, 0.1) is 13.8 Å². The molecule has 0 fully saturated rings. The summed E-state index contributed by atoms with van der Waals surface area (Å²) in [7, 11) is 0. The molecule has 102 valence electrons. The predicted molar refractivity (Wildman–Crippen MR) is 82.9 cm³/mol. The van der Waals surface area contributed by atoms with Gasteiger partial charge in [0.05, 0.1) is 6.61 Å². The first kappa shape index (κ1) is 15.3. The number of aryl methyl sites for hydroxylation is 2. The van der Waals surface area contributed by atoms with Crippen LogP contribution in [-0.4, -0.2) is 6.61 Å². The fraction of sp³-hybridized carbons (Fsp3) is 0.333. The fourth-order valence-corrected chi connectivity index (χ4v) is 1.85.